The van der Waals surface area contributed by atoms with Crippen LogP contribution in [0.5, 0.6) is 0 Å². The van der Waals surface area contributed by atoms with Gasteiger partial charge in [-0.3, -0.25) is 0 Å². The van der Waals surface area contributed by atoms with Crippen LogP contribution >= 0.6 is 11.8 Å². The number of thioether (sulfide) groups is 1. The number of likely N-dealkylation sites (tertiary alicyclic amines) is 1. The number of hydrogen-bond acceptors (Lipinski definition) is 3. The van der Waals surface area contributed by atoms with E-state index < -0.39 is 0 Å². The summed E-state index contributed by atoms with van der Waals surface area (Å²) in [6, 6.07) is 0.761. The zero-order valence-electron chi connectivity index (χ0n) is 11.5. The molecule has 0 aromatic rings. The van der Waals surface area contributed by atoms with E-state index in [0.717, 1.165) is 37.7 Å². The van der Waals surface area contributed by atoms with Crippen molar-refractivity contribution in [2.75, 3.05) is 39.5 Å². The molecular weight excluding hydrogens is 246 g/mol. The van der Waals surface area contributed by atoms with Gasteiger partial charge in [0.25, 0.3) is 0 Å². The van der Waals surface area contributed by atoms with Crippen LogP contribution in [0.1, 0.15) is 25.7 Å². The van der Waals surface area contributed by atoms with Crippen molar-refractivity contribution in [2.24, 2.45) is 0 Å². The van der Waals surface area contributed by atoms with Gasteiger partial charge in [-0.05, 0) is 31.4 Å². The maximum absolute atomic E-state index is 11.8. The summed E-state index contributed by atoms with van der Waals surface area (Å²) in [4.78, 5) is 15.4. The predicted octanol–water partition coefficient (Wildman–Crippen LogP) is 1.62. The van der Waals surface area contributed by atoms with Crippen molar-refractivity contribution in [3.8, 4) is 0 Å². The summed E-state index contributed by atoms with van der Waals surface area (Å²) < 4.78 is 0. The first-order chi connectivity index (χ1) is 8.66. The lowest BCUT2D eigenvalue weighted by molar-refractivity contribution is 0.152. The highest BCUT2D eigenvalue weighted by Crippen LogP contribution is 2.25. The standard InChI is InChI=1S/C13H25N3OS/c1-15(2)13(17)16-7-5-11(6-8-16)14-10-12-4-3-9-18-12/h11-12,14H,3-10H2,1-2H3. The second kappa shape index (κ2) is 6.66. The molecule has 2 rings (SSSR count). The Kier molecular flexibility index (Phi) is 5.18. The zero-order chi connectivity index (χ0) is 13.0. The van der Waals surface area contributed by atoms with Crippen molar-refractivity contribution in [1.29, 1.82) is 0 Å². The summed E-state index contributed by atoms with van der Waals surface area (Å²) in [5, 5.41) is 4.51. The van der Waals surface area contributed by atoms with E-state index in [2.05, 4.69) is 17.1 Å². The van der Waals surface area contributed by atoms with Gasteiger partial charge >= 0.3 is 6.03 Å². The van der Waals surface area contributed by atoms with Gasteiger partial charge in [-0.1, -0.05) is 0 Å². The Morgan fingerprint density at radius 3 is 2.61 bits per heavy atom. The van der Waals surface area contributed by atoms with Gasteiger partial charge in [0, 0.05) is 45.0 Å². The highest BCUT2D eigenvalue weighted by molar-refractivity contribution is 8.00. The second-order valence-electron chi connectivity index (χ2n) is 5.48. The molecule has 2 saturated heterocycles. The number of carbonyl (C=O) groups excluding carboxylic acids is 1. The average molecular weight is 271 g/mol. The second-order valence-corrected chi connectivity index (χ2v) is 6.89. The summed E-state index contributed by atoms with van der Waals surface area (Å²) in [6.45, 7) is 2.94. The fourth-order valence-corrected chi connectivity index (χ4v) is 3.88. The van der Waals surface area contributed by atoms with Crippen molar-refractivity contribution in [3.05, 3.63) is 0 Å². The molecule has 1 N–H and O–H groups in total. The number of piperidine rings is 1. The lowest BCUT2D eigenvalue weighted by Gasteiger charge is -2.34. The van der Waals surface area contributed by atoms with Gasteiger partial charge in [0.2, 0.25) is 0 Å². The molecular formula is C13H25N3OS. The first-order valence-electron chi connectivity index (χ1n) is 6.98. The Balaban J connectivity index is 1.65. The number of hydrogen-bond donors (Lipinski definition) is 1. The lowest BCUT2D eigenvalue weighted by Crippen LogP contribution is -2.48. The van der Waals surface area contributed by atoms with Gasteiger partial charge in [-0.2, -0.15) is 11.8 Å². The molecule has 0 aliphatic carbocycles. The normalized spacial score (nSPS) is 25.4. The summed E-state index contributed by atoms with van der Waals surface area (Å²) in [5.74, 6) is 1.34. The van der Waals surface area contributed by atoms with Crippen LogP contribution in [0.2, 0.25) is 0 Å². The molecule has 2 heterocycles. The van der Waals surface area contributed by atoms with Crippen LogP contribution in [0.3, 0.4) is 0 Å². The largest absolute Gasteiger partial charge is 0.331 e. The topological polar surface area (TPSA) is 35.6 Å². The van der Waals surface area contributed by atoms with E-state index >= 15 is 0 Å². The van der Waals surface area contributed by atoms with Gasteiger partial charge in [-0.15, -0.1) is 0 Å². The molecule has 0 radical (unpaired) electrons. The smallest absolute Gasteiger partial charge is 0.319 e. The van der Waals surface area contributed by atoms with E-state index in [0.29, 0.717) is 6.04 Å². The van der Waals surface area contributed by atoms with E-state index in [-0.39, 0.29) is 6.03 Å². The molecule has 0 bridgehead atoms. The molecule has 1 atom stereocenters. The third-order valence-electron chi connectivity index (χ3n) is 3.81. The molecule has 0 aromatic heterocycles. The maximum atomic E-state index is 11.8. The molecule has 2 aliphatic heterocycles. The van der Waals surface area contributed by atoms with Crippen LogP contribution in [0, 0.1) is 0 Å². The van der Waals surface area contributed by atoms with E-state index in [1.807, 2.05) is 19.0 Å². The molecule has 2 aliphatic rings. The van der Waals surface area contributed by atoms with Crippen LogP contribution in [-0.2, 0) is 0 Å². The number of carbonyl (C=O) groups is 1. The van der Waals surface area contributed by atoms with Crippen LogP contribution in [0.25, 0.3) is 0 Å². The van der Waals surface area contributed by atoms with Crippen molar-refractivity contribution in [3.63, 3.8) is 0 Å². The third-order valence-corrected chi connectivity index (χ3v) is 5.20. The van der Waals surface area contributed by atoms with Gasteiger partial charge in [0.15, 0.2) is 0 Å². The number of urea groups is 1. The van der Waals surface area contributed by atoms with E-state index in [1.54, 1.807) is 4.90 Å². The van der Waals surface area contributed by atoms with Crippen molar-refractivity contribution in [2.45, 2.75) is 37.0 Å². The minimum atomic E-state index is 0.153. The van der Waals surface area contributed by atoms with Gasteiger partial charge in [-0.25, -0.2) is 4.79 Å². The molecule has 2 fully saturated rings. The summed E-state index contributed by atoms with van der Waals surface area (Å²) in [6.07, 6.45) is 4.94. The molecule has 5 heteroatoms. The van der Waals surface area contributed by atoms with Gasteiger partial charge < -0.3 is 15.1 Å². The van der Waals surface area contributed by atoms with Crippen LogP contribution < -0.4 is 5.32 Å². The minimum absolute atomic E-state index is 0.153. The summed E-state index contributed by atoms with van der Waals surface area (Å²) in [5.41, 5.74) is 0. The number of amides is 2. The fraction of sp³-hybridized carbons (Fsp3) is 0.923. The van der Waals surface area contributed by atoms with Crippen molar-refractivity contribution >= 4 is 17.8 Å². The van der Waals surface area contributed by atoms with Crippen molar-refractivity contribution < 1.29 is 4.79 Å². The Hall–Kier alpha value is -0.420. The Bertz CT molecular complexity index is 271. The lowest BCUT2D eigenvalue weighted by atomic mass is 10.1. The molecule has 0 aromatic carbocycles. The Labute approximate surface area is 114 Å². The van der Waals surface area contributed by atoms with E-state index in [9.17, 15) is 4.79 Å². The van der Waals surface area contributed by atoms with Gasteiger partial charge in [0.1, 0.15) is 0 Å². The maximum Gasteiger partial charge on any atom is 0.319 e. The number of nitrogens with one attached hydrogen (secondary N) is 1. The minimum Gasteiger partial charge on any atom is -0.331 e. The molecule has 0 spiro atoms. The Morgan fingerprint density at radius 2 is 2.06 bits per heavy atom. The molecule has 1 unspecified atom stereocenters. The third kappa shape index (κ3) is 3.79. The molecule has 4 nitrogen and oxygen atoms in total. The number of nitrogens with zero attached hydrogens (tertiary/aromatic N) is 2. The highest BCUT2D eigenvalue weighted by atomic mass is 32.2. The molecule has 0 saturated carbocycles. The number of rotatable bonds is 3. The molecule has 104 valence electrons. The first-order valence-corrected chi connectivity index (χ1v) is 8.03. The quantitative estimate of drug-likeness (QED) is 0.847. The first kappa shape index (κ1) is 14.0. The van der Waals surface area contributed by atoms with E-state index in [1.165, 1.54) is 18.6 Å². The van der Waals surface area contributed by atoms with Crippen LogP contribution in [0.4, 0.5) is 4.79 Å². The average Bonchev–Trinajstić information content (AvgIpc) is 2.89. The van der Waals surface area contributed by atoms with Crippen LogP contribution in [0.15, 0.2) is 0 Å². The van der Waals surface area contributed by atoms with Crippen molar-refractivity contribution in [1.82, 2.24) is 15.1 Å². The SMILES string of the molecule is CN(C)C(=O)N1CCC(NCC2CCCS2)CC1. The zero-order valence-corrected chi connectivity index (χ0v) is 12.3. The summed E-state index contributed by atoms with van der Waals surface area (Å²) in [7, 11) is 3.65. The molecule has 2 amide bonds. The van der Waals surface area contributed by atoms with Gasteiger partial charge in [0.05, 0.1) is 0 Å². The summed E-state index contributed by atoms with van der Waals surface area (Å²) >= 11 is 2.11. The monoisotopic (exact) mass is 271 g/mol. The predicted molar refractivity (Wildman–Crippen MR) is 77.2 cm³/mol. The molecule has 18 heavy (non-hydrogen) atoms. The van der Waals surface area contributed by atoms with Crippen LogP contribution in [-0.4, -0.2) is 66.6 Å². The fourth-order valence-electron chi connectivity index (χ4n) is 2.66. The highest BCUT2D eigenvalue weighted by Gasteiger charge is 2.24. The Morgan fingerprint density at radius 1 is 1.33 bits per heavy atom. The van der Waals surface area contributed by atoms with E-state index in [4.69, 9.17) is 0 Å².